The summed E-state index contributed by atoms with van der Waals surface area (Å²) in [6, 6.07) is 8.05. The molecule has 0 aliphatic heterocycles. The second-order valence-corrected chi connectivity index (χ2v) is 7.47. The van der Waals surface area contributed by atoms with Gasteiger partial charge in [0.15, 0.2) is 5.69 Å². The molecular formula is C20H29BrN4O2. The molecule has 1 unspecified atom stereocenters. The lowest BCUT2D eigenvalue weighted by molar-refractivity contribution is 0.0929. The Labute approximate surface area is 169 Å². The summed E-state index contributed by atoms with van der Waals surface area (Å²) in [6.07, 6.45) is 0. The van der Waals surface area contributed by atoms with E-state index in [1.165, 1.54) is 0 Å². The Bertz CT molecular complexity index is 756. The number of H-pyrrole nitrogens is 1. The van der Waals surface area contributed by atoms with Crippen LogP contribution in [-0.2, 0) is 0 Å². The van der Waals surface area contributed by atoms with E-state index in [2.05, 4.69) is 70.1 Å². The third-order valence-corrected chi connectivity index (χ3v) is 5.52. The molecule has 27 heavy (non-hydrogen) atoms. The Kier molecular flexibility index (Phi) is 7.86. The van der Waals surface area contributed by atoms with Crippen molar-refractivity contribution in [3.63, 3.8) is 0 Å². The monoisotopic (exact) mass is 436 g/mol. The van der Waals surface area contributed by atoms with Gasteiger partial charge in [0.05, 0.1) is 23.3 Å². The quantitative estimate of drug-likeness (QED) is 0.619. The second kappa shape index (κ2) is 9.90. The van der Waals surface area contributed by atoms with Gasteiger partial charge in [-0.3, -0.25) is 14.8 Å². The number of benzene rings is 1. The van der Waals surface area contributed by atoms with Gasteiger partial charge in [-0.05, 0) is 52.6 Å². The Morgan fingerprint density at radius 3 is 2.59 bits per heavy atom. The van der Waals surface area contributed by atoms with E-state index in [4.69, 9.17) is 4.74 Å². The van der Waals surface area contributed by atoms with Crippen LogP contribution in [0.15, 0.2) is 28.7 Å². The number of hydrogen-bond acceptors (Lipinski definition) is 4. The van der Waals surface area contributed by atoms with Crippen LogP contribution in [0.5, 0.6) is 5.75 Å². The number of rotatable bonds is 9. The van der Waals surface area contributed by atoms with Crippen molar-refractivity contribution in [1.29, 1.82) is 0 Å². The average molecular weight is 437 g/mol. The number of nitrogens with one attached hydrogen (secondary N) is 2. The molecule has 2 rings (SSSR count). The van der Waals surface area contributed by atoms with Crippen LogP contribution < -0.4 is 10.1 Å². The first kappa shape index (κ1) is 21.4. The van der Waals surface area contributed by atoms with Gasteiger partial charge in [0.25, 0.3) is 5.91 Å². The molecule has 1 atom stereocenters. The summed E-state index contributed by atoms with van der Waals surface area (Å²) >= 11 is 3.50. The van der Waals surface area contributed by atoms with Crippen molar-refractivity contribution in [3.8, 4) is 5.75 Å². The molecule has 1 aromatic heterocycles. The molecule has 0 saturated carbocycles. The zero-order chi connectivity index (χ0) is 20.0. The maximum atomic E-state index is 12.7. The van der Waals surface area contributed by atoms with Gasteiger partial charge >= 0.3 is 0 Å². The number of carbonyl (C=O) groups is 1. The van der Waals surface area contributed by atoms with E-state index in [0.717, 1.165) is 34.6 Å². The first-order chi connectivity index (χ1) is 12.9. The highest BCUT2D eigenvalue weighted by Crippen LogP contribution is 2.26. The van der Waals surface area contributed by atoms with Crippen LogP contribution in [0.2, 0.25) is 0 Å². The van der Waals surface area contributed by atoms with Gasteiger partial charge in [0, 0.05) is 6.54 Å². The average Bonchev–Trinajstić information content (AvgIpc) is 3.06. The molecule has 2 aromatic rings. The van der Waals surface area contributed by atoms with Crippen LogP contribution in [0.3, 0.4) is 0 Å². The Hall–Kier alpha value is -1.86. The zero-order valence-corrected chi connectivity index (χ0v) is 18.3. The Morgan fingerprint density at radius 1 is 1.33 bits per heavy atom. The van der Waals surface area contributed by atoms with Crippen LogP contribution >= 0.6 is 15.9 Å². The minimum absolute atomic E-state index is 0.0568. The van der Waals surface area contributed by atoms with E-state index in [9.17, 15) is 4.79 Å². The first-order valence-corrected chi connectivity index (χ1v) is 10.1. The van der Waals surface area contributed by atoms with Crippen LogP contribution in [0.25, 0.3) is 0 Å². The van der Waals surface area contributed by atoms with E-state index in [0.29, 0.717) is 12.2 Å². The standard InChI is InChI=1S/C20H29BrN4O2/c1-6-25(7-2)16(14-9-8-10-15(11-14)27-5)12-22-20(26)19-17(21)18(13(3)4)23-24-19/h8-11,13,16H,6-7,12H2,1-5H3,(H,22,26)(H,23,24). The van der Waals surface area contributed by atoms with E-state index < -0.39 is 0 Å². The van der Waals surface area contributed by atoms with E-state index in [1.54, 1.807) is 7.11 Å². The molecule has 1 amide bonds. The summed E-state index contributed by atoms with van der Waals surface area (Å²) in [5, 5.41) is 10.2. The van der Waals surface area contributed by atoms with Crippen molar-refractivity contribution in [2.45, 2.75) is 39.7 Å². The number of carbonyl (C=O) groups excluding carboxylic acids is 1. The van der Waals surface area contributed by atoms with Gasteiger partial charge in [0.2, 0.25) is 0 Å². The van der Waals surface area contributed by atoms with Crippen molar-refractivity contribution in [3.05, 3.63) is 45.7 Å². The lowest BCUT2D eigenvalue weighted by Gasteiger charge is -2.30. The van der Waals surface area contributed by atoms with Crippen molar-refractivity contribution >= 4 is 21.8 Å². The largest absolute Gasteiger partial charge is 0.497 e. The number of aromatic nitrogens is 2. The fourth-order valence-corrected chi connectivity index (χ4v) is 3.93. The number of nitrogens with zero attached hydrogens (tertiary/aromatic N) is 2. The van der Waals surface area contributed by atoms with Gasteiger partial charge in [-0.15, -0.1) is 0 Å². The molecule has 7 heteroatoms. The number of hydrogen-bond donors (Lipinski definition) is 2. The van der Waals surface area contributed by atoms with E-state index >= 15 is 0 Å². The number of methoxy groups -OCH3 is 1. The minimum atomic E-state index is -0.190. The van der Waals surface area contributed by atoms with Crippen molar-refractivity contribution in [1.82, 2.24) is 20.4 Å². The summed E-state index contributed by atoms with van der Waals surface area (Å²) < 4.78 is 6.09. The molecule has 2 N–H and O–H groups in total. The molecule has 0 spiro atoms. The molecular weight excluding hydrogens is 408 g/mol. The molecule has 0 fully saturated rings. The minimum Gasteiger partial charge on any atom is -0.497 e. The van der Waals surface area contributed by atoms with Crippen LogP contribution in [-0.4, -0.2) is 47.7 Å². The van der Waals surface area contributed by atoms with Crippen LogP contribution in [0, 0.1) is 0 Å². The summed E-state index contributed by atoms with van der Waals surface area (Å²) in [7, 11) is 1.66. The smallest absolute Gasteiger partial charge is 0.273 e. The summed E-state index contributed by atoms with van der Waals surface area (Å²) in [4.78, 5) is 15.0. The van der Waals surface area contributed by atoms with Crippen LogP contribution in [0.1, 0.15) is 61.4 Å². The third kappa shape index (κ3) is 5.11. The lowest BCUT2D eigenvalue weighted by atomic mass is 10.0. The Morgan fingerprint density at radius 2 is 2.04 bits per heavy atom. The normalized spacial score (nSPS) is 12.4. The van der Waals surface area contributed by atoms with Gasteiger partial charge in [-0.1, -0.05) is 39.8 Å². The van der Waals surface area contributed by atoms with E-state index in [-0.39, 0.29) is 17.9 Å². The molecule has 6 nitrogen and oxygen atoms in total. The fourth-order valence-electron chi connectivity index (χ4n) is 3.12. The predicted molar refractivity (Wildman–Crippen MR) is 111 cm³/mol. The molecule has 0 radical (unpaired) electrons. The molecule has 0 aliphatic rings. The second-order valence-electron chi connectivity index (χ2n) is 6.68. The number of likely N-dealkylation sites (N-methyl/N-ethyl adjacent to an activating group) is 1. The van der Waals surface area contributed by atoms with Gasteiger partial charge in [-0.2, -0.15) is 5.10 Å². The summed E-state index contributed by atoms with van der Waals surface area (Å²) in [5.41, 5.74) is 2.43. The van der Waals surface area contributed by atoms with Crippen molar-refractivity contribution in [2.24, 2.45) is 0 Å². The van der Waals surface area contributed by atoms with Gasteiger partial charge < -0.3 is 10.1 Å². The fraction of sp³-hybridized carbons (Fsp3) is 0.500. The summed E-state index contributed by atoms with van der Waals surface area (Å²) in [5.74, 6) is 0.881. The Balaban J connectivity index is 2.19. The third-order valence-electron chi connectivity index (χ3n) is 4.71. The molecule has 1 aromatic carbocycles. The highest BCUT2D eigenvalue weighted by atomic mass is 79.9. The number of halogens is 1. The molecule has 0 aliphatic carbocycles. The zero-order valence-electron chi connectivity index (χ0n) is 16.7. The first-order valence-electron chi connectivity index (χ1n) is 9.32. The maximum Gasteiger partial charge on any atom is 0.273 e. The maximum absolute atomic E-state index is 12.7. The molecule has 1 heterocycles. The van der Waals surface area contributed by atoms with Gasteiger partial charge in [0.1, 0.15) is 5.75 Å². The SMILES string of the molecule is CCN(CC)C(CNC(=O)c1n[nH]c(C(C)C)c1Br)c1cccc(OC)c1. The predicted octanol–water partition coefficient (Wildman–Crippen LogP) is 4.12. The van der Waals surface area contributed by atoms with E-state index in [1.807, 2.05) is 18.2 Å². The molecule has 148 valence electrons. The summed E-state index contributed by atoms with van der Waals surface area (Å²) in [6.45, 7) is 10.6. The molecule has 0 saturated heterocycles. The number of amides is 1. The number of ether oxygens (including phenoxy) is 1. The highest BCUT2D eigenvalue weighted by molar-refractivity contribution is 9.10. The lowest BCUT2D eigenvalue weighted by Crippen LogP contribution is -2.38. The van der Waals surface area contributed by atoms with Crippen LogP contribution in [0.4, 0.5) is 0 Å². The van der Waals surface area contributed by atoms with Gasteiger partial charge in [-0.25, -0.2) is 0 Å². The number of aromatic amines is 1. The topological polar surface area (TPSA) is 70.2 Å². The molecule has 0 bridgehead atoms. The highest BCUT2D eigenvalue weighted by Gasteiger charge is 2.23. The van der Waals surface area contributed by atoms with Crippen molar-refractivity contribution in [2.75, 3.05) is 26.7 Å². The van der Waals surface area contributed by atoms with Crippen molar-refractivity contribution < 1.29 is 9.53 Å².